The van der Waals surface area contributed by atoms with E-state index in [2.05, 4.69) is 20.4 Å². The van der Waals surface area contributed by atoms with Crippen LogP contribution in [0.2, 0.25) is 0 Å². The lowest BCUT2D eigenvalue weighted by atomic mass is 10.1. The monoisotopic (exact) mass is 366 g/mol. The van der Waals surface area contributed by atoms with E-state index in [1.54, 1.807) is 41.0 Å². The van der Waals surface area contributed by atoms with Gasteiger partial charge in [-0.1, -0.05) is 6.07 Å². The van der Waals surface area contributed by atoms with Gasteiger partial charge >= 0.3 is 0 Å². The third kappa shape index (κ3) is 3.43. The van der Waals surface area contributed by atoms with Crippen molar-refractivity contribution in [3.05, 3.63) is 71.8 Å². The zero-order chi connectivity index (χ0) is 18.8. The largest absolute Gasteiger partial charge is 0.326 e. The second-order valence-electron chi connectivity index (χ2n) is 6.38. The van der Waals surface area contributed by atoms with Gasteiger partial charge in [-0.25, -0.2) is 14.1 Å². The average Bonchev–Trinajstić information content (AvgIpc) is 3.10. The molecule has 1 amide bonds. The van der Waals surface area contributed by atoms with Crippen LogP contribution in [0.5, 0.6) is 0 Å². The number of carbonyl (C=O) groups excluding carboxylic acids is 1. The number of aromatic nitrogens is 4. The molecule has 2 aromatic heterocycles. The third-order valence-corrected chi connectivity index (χ3v) is 4.60. The normalized spacial score (nSPS) is 17.1. The zero-order valence-electron chi connectivity index (χ0n) is 14.8. The highest BCUT2D eigenvalue weighted by Crippen LogP contribution is 2.23. The minimum Gasteiger partial charge on any atom is -0.326 e. The first-order valence-electron chi connectivity index (χ1n) is 8.74. The standard InChI is InChI=1S/C19H19FN6O/c1-13-23-18(24-26(13)16-6-4-15(20)5-7-16)19(27)25-10-9-22-12-17(25)14-3-2-8-21-11-14/h2-8,11,17,22H,9-10,12H2,1H3. The van der Waals surface area contributed by atoms with Crippen LogP contribution >= 0.6 is 0 Å². The summed E-state index contributed by atoms with van der Waals surface area (Å²) in [5.41, 5.74) is 1.62. The number of aryl methyl sites for hydroxylation is 1. The van der Waals surface area contributed by atoms with Gasteiger partial charge in [-0.05, 0) is 42.8 Å². The molecule has 1 unspecified atom stereocenters. The minimum absolute atomic E-state index is 0.127. The summed E-state index contributed by atoms with van der Waals surface area (Å²) >= 11 is 0. The predicted octanol–water partition coefficient (Wildman–Crippen LogP) is 1.90. The Morgan fingerprint density at radius 2 is 2.07 bits per heavy atom. The minimum atomic E-state index is -0.326. The lowest BCUT2D eigenvalue weighted by Crippen LogP contribution is -2.49. The summed E-state index contributed by atoms with van der Waals surface area (Å²) in [6.45, 7) is 3.68. The molecule has 0 radical (unpaired) electrons. The fraction of sp³-hybridized carbons (Fsp3) is 0.263. The number of nitrogens with one attached hydrogen (secondary N) is 1. The van der Waals surface area contributed by atoms with Crippen molar-refractivity contribution in [3.8, 4) is 5.69 Å². The molecule has 1 atom stereocenters. The molecule has 27 heavy (non-hydrogen) atoms. The van der Waals surface area contributed by atoms with E-state index in [9.17, 15) is 9.18 Å². The summed E-state index contributed by atoms with van der Waals surface area (Å²) in [4.78, 5) is 23.4. The Bertz CT molecular complexity index is 941. The highest BCUT2D eigenvalue weighted by molar-refractivity contribution is 5.91. The lowest BCUT2D eigenvalue weighted by molar-refractivity contribution is 0.0621. The molecule has 1 saturated heterocycles. The number of amides is 1. The van der Waals surface area contributed by atoms with E-state index in [-0.39, 0.29) is 23.6 Å². The number of nitrogens with zero attached hydrogens (tertiary/aromatic N) is 5. The summed E-state index contributed by atoms with van der Waals surface area (Å²) in [6, 6.07) is 9.61. The second kappa shape index (κ2) is 7.24. The van der Waals surface area contributed by atoms with E-state index < -0.39 is 0 Å². The topological polar surface area (TPSA) is 75.9 Å². The summed E-state index contributed by atoms with van der Waals surface area (Å²) in [6.07, 6.45) is 3.48. The number of piperazine rings is 1. The van der Waals surface area contributed by atoms with Gasteiger partial charge in [0.25, 0.3) is 5.91 Å². The molecule has 7 nitrogen and oxygen atoms in total. The SMILES string of the molecule is Cc1nc(C(=O)N2CCNCC2c2cccnc2)nn1-c1ccc(F)cc1. The maximum absolute atomic E-state index is 13.2. The maximum atomic E-state index is 13.2. The molecule has 1 aromatic carbocycles. The molecule has 3 aromatic rings. The number of carbonyl (C=O) groups is 1. The van der Waals surface area contributed by atoms with Crippen molar-refractivity contribution in [1.29, 1.82) is 0 Å². The molecule has 1 aliphatic heterocycles. The highest BCUT2D eigenvalue weighted by Gasteiger charge is 2.31. The van der Waals surface area contributed by atoms with Crippen LogP contribution in [-0.2, 0) is 0 Å². The van der Waals surface area contributed by atoms with Crippen LogP contribution in [0.3, 0.4) is 0 Å². The summed E-state index contributed by atoms with van der Waals surface area (Å²) in [5, 5.41) is 7.68. The second-order valence-corrected chi connectivity index (χ2v) is 6.38. The van der Waals surface area contributed by atoms with Gasteiger partial charge in [-0.3, -0.25) is 9.78 Å². The Morgan fingerprint density at radius 1 is 1.26 bits per heavy atom. The van der Waals surface area contributed by atoms with Gasteiger partial charge < -0.3 is 10.2 Å². The van der Waals surface area contributed by atoms with Crippen LogP contribution in [0.15, 0.2) is 48.8 Å². The Balaban J connectivity index is 1.63. The van der Waals surface area contributed by atoms with Crippen LogP contribution in [0, 0.1) is 12.7 Å². The molecule has 1 fully saturated rings. The molecule has 1 aliphatic rings. The molecule has 0 spiro atoms. The van der Waals surface area contributed by atoms with E-state index in [1.807, 2.05) is 12.1 Å². The van der Waals surface area contributed by atoms with E-state index in [4.69, 9.17) is 0 Å². The number of halogens is 1. The maximum Gasteiger partial charge on any atom is 0.294 e. The molecule has 3 heterocycles. The first-order valence-corrected chi connectivity index (χ1v) is 8.74. The van der Waals surface area contributed by atoms with Crippen LogP contribution in [0.1, 0.15) is 28.0 Å². The van der Waals surface area contributed by atoms with Crippen molar-refractivity contribution in [3.63, 3.8) is 0 Å². The molecule has 138 valence electrons. The fourth-order valence-electron chi connectivity index (χ4n) is 3.25. The van der Waals surface area contributed by atoms with Gasteiger partial charge in [0.2, 0.25) is 5.82 Å². The summed E-state index contributed by atoms with van der Waals surface area (Å²) < 4.78 is 14.7. The van der Waals surface area contributed by atoms with Crippen molar-refractivity contribution in [2.75, 3.05) is 19.6 Å². The van der Waals surface area contributed by atoms with E-state index in [1.165, 1.54) is 12.1 Å². The van der Waals surface area contributed by atoms with Crippen LogP contribution in [0.4, 0.5) is 4.39 Å². The van der Waals surface area contributed by atoms with Crippen molar-refractivity contribution in [1.82, 2.24) is 30.0 Å². The van der Waals surface area contributed by atoms with Crippen molar-refractivity contribution in [2.45, 2.75) is 13.0 Å². The summed E-state index contributed by atoms with van der Waals surface area (Å²) in [7, 11) is 0. The molecule has 1 N–H and O–H groups in total. The first kappa shape index (κ1) is 17.3. The van der Waals surface area contributed by atoms with Gasteiger partial charge in [-0.15, -0.1) is 5.10 Å². The van der Waals surface area contributed by atoms with Crippen LogP contribution in [0.25, 0.3) is 5.69 Å². The number of hydrogen-bond acceptors (Lipinski definition) is 5. The quantitative estimate of drug-likeness (QED) is 0.766. The molecule has 0 saturated carbocycles. The van der Waals surface area contributed by atoms with Crippen molar-refractivity contribution in [2.24, 2.45) is 0 Å². The number of rotatable bonds is 3. The van der Waals surface area contributed by atoms with Crippen molar-refractivity contribution < 1.29 is 9.18 Å². The molecule has 0 bridgehead atoms. The van der Waals surface area contributed by atoms with E-state index >= 15 is 0 Å². The van der Waals surface area contributed by atoms with Gasteiger partial charge in [0.05, 0.1) is 11.7 Å². The summed E-state index contributed by atoms with van der Waals surface area (Å²) in [5.74, 6) is 0.146. The fourth-order valence-corrected chi connectivity index (χ4v) is 3.25. The lowest BCUT2D eigenvalue weighted by Gasteiger charge is -2.35. The molecule has 0 aliphatic carbocycles. The number of hydrogen-bond donors (Lipinski definition) is 1. The molecular weight excluding hydrogens is 347 g/mol. The predicted molar refractivity (Wildman–Crippen MR) is 96.9 cm³/mol. The Hall–Kier alpha value is -3.13. The molecule has 8 heteroatoms. The Kier molecular flexibility index (Phi) is 4.64. The smallest absolute Gasteiger partial charge is 0.294 e. The average molecular weight is 366 g/mol. The molecular formula is C19H19FN6O. The van der Waals surface area contributed by atoms with Gasteiger partial charge in [0, 0.05) is 32.0 Å². The van der Waals surface area contributed by atoms with Crippen LogP contribution < -0.4 is 5.32 Å². The Labute approximate surface area is 155 Å². The van der Waals surface area contributed by atoms with Crippen molar-refractivity contribution >= 4 is 5.91 Å². The van der Waals surface area contributed by atoms with Crippen LogP contribution in [-0.4, -0.2) is 50.2 Å². The van der Waals surface area contributed by atoms with E-state index in [0.717, 1.165) is 5.56 Å². The highest BCUT2D eigenvalue weighted by atomic mass is 19.1. The Morgan fingerprint density at radius 3 is 2.81 bits per heavy atom. The van der Waals surface area contributed by atoms with Gasteiger partial charge in [0.1, 0.15) is 11.6 Å². The first-order chi connectivity index (χ1) is 13.1. The van der Waals surface area contributed by atoms with Gasteiger partial charge in [0.15, 0.2) is 0 Å². The van der Waals surface area contributed by atoms with Gasteiger partial charge in [-0.2, -0.15) is 0 Å². The zero-order valence-corrected chi connectivity index (χ0v) is 14.8. The number of benzene rings is 1. The molecule has 4 rings (SSSR count). The number of pyridine rings is 1. The van der Waals surface area contributed by atoms with E-state index in [0.29, 0.717) is 31.1 Å². The third-order valence-electron chi connectivity index (χ3n) is 4.60.